The normalized spacial score (nSPS) is 14.6. The Labute approximate surface area is 119 Å². The van der Waals surface area contributed by atoms with E-state index < -0.39 is 5.97 Å². The molecule has 0 spiro atoms. The summed E-state index contributed by atoms with van der Waals surface area (Å²) in [6, 6.07) is 7.19. The van der Waals surface area contributed by atoms with Crippen LogP contribution in [-0.4, -0.2) is 26.4 Å². The van der Waals surface area contributed by atoms with E-state index in [2.05, 4.69) is 4.98 Å². The first-order valence-electron chi connectivity index (χ1n) is 6.49. The third-order valence-electron chi connectivity index (χ3n) is 3.29. The van der Waals surface area contributed by atoms with Gasteiger partial charge in [-0.3, -0.25) is 14.2 Å². The van der Waals surface area contributed by atoms with Gasteiger partial charge in [0.2, 0.25) is 0 Å². The Morgan fingerprint density at radius 1 is 1.40 bits per heavy atom. The van der Waals surface area contributed by atoms with Crippen molar-refractivity contribution in [1.82, 2.24) is 9.55 Å². The summed E-state index contributed by atoms with van der Waals surface area (Å²) in [7, 11) is 0. The standard InChI is InChI=1S/C14H14N2O3S/c17-12(18)8-20-14-15-11-4-2-1-3-10(11)13(19)16(14)7-9-5-6-9/h1-4,9H,5-8H2,(H,17,18). The second kappa shape index (κ2) is 5.28. The van der Waals surface area contributed by atoms with Gasteiger partial charge in [-0.2, -0.15) is 0 Å². The Morgan fingerprint density at radius 2 is 2.15 bits per heavy atom. The second-order valence-electron chi connectivity index (χ2n) is 4.95. The number of thioether (sulfide) groups is 1. The van der Waals surface area contributed by atoms with E-state index in [0.29, 0.717) is 28.5 Å². The number of para-hydroxylation sites is 1. The molecule has 0 radical (unpaired) electrons. The van der Waals surface area contributed by atoms with Crippen molar-refractivity contribution in [2.45, 2.75) is 24.5 Å². The van der Waals surface area contributed by atoms with E-state index in [1.54, 1.807) is 16.7 Å². The van der Waals surface area contributed by atoms with Crippen LogP contribution in [0.5, 0.6) is 0 Å². The Bertz CT molecular complexity index is 722. The Balaban J connectivity index is 2.08. The quantitative estimate of drug-likeness (QED) is 0.673. The van der Waals surface area contributed by atoms with E-state index in [1.165, 1.54) is 0 Å². The van der Waals surface area contributed by atoms with Gasteiger partial charge in [-0.15, -0.1) is 0 Å². The van der Waals surface area contributed by atoms with Gasteiger partial charge in [-0.05, 0) is 30.9 Å². The monoisotopic (exact) mass is 290 g/mol. The molecule has 2 aromatic rings. The Kier molecular flexibility index (Phi) is 3.48. The Hall–Kier alpha value is -1.82. The van der Waals surface area contributed by atoms with Crippen molar-refractivity contribution in [2.24, 2.45) is 5.92 Å². The van der Waals surface area contributed by atoms with Crippen molar-refractivity contribution in [3.8, 4) is 0 Å². The lowest BCUT2D eigenvalue weighted by Gasteiger charge is -2.11. The van der Waals surface area contributed by atoms with E-state index in [4.69, 9.17) is 5.11 Å². The molecule has 1 fully saturated rings. The van der Waals surface area contributed by atoms with Crippen LogP contribution in [0, 0.1) is 5.92 Å². The number of carboxylic acids is 1. The van der Waals surface area contributed by atoms with Crippen molar-refractivity contribution < 1.29 is 9.90 Å². The van der Waals surface area contributed by atoms with Gasteiger partial charge in [-0.25, -0.2) is 4.98 Å². The van der Waals surface area contributed by atoms with Crippen LogP contribution in [0.15, 0.2) is 34.2 Å². The van der Waals surface area contributed by atoms with E-state index in [1.807, 2.05) is 12.1 Å². The molecule has 1 aromatic carbocycles. The predicted octanol–water partition coefficient (Wildman–Crippen LogP) is 1.98. The highest BCUT2D eigenvalue weighted by molar-refractivity contribution is 7.99. The molecular weight excluding hydrogens is 276 g/mol. The Morgan fingerprint density at radius 3 is 2.85 bits per heavy atom. The van der Waals surface area contributed by atoms with E-state index in [0.717, 1.165) is 24.6 Å². The molecule has 1 N–H and O–H groups in total. The molecule has 1 aliphatic carbocycles. The maximum absolute atomic E-state index is 12.5. The molecule has 0 amide bonds. The zero-order valence-corrected chi connectivity index (χ0v) is 11.6. The molecule has 6 heteroatoms. The van der Waals surface area contributed by atoms with Gasteiger partial charge < -0.3 is 5.11 Å². The van der Waals surface area contributed by atoms with Crippen LogP contribution in [0.4, 0.5) is 0 Å². The minimum atomic E-state index is -0.907. The van der Waals surface area contributed by atoms with Gasteiger partial charge in [-0.1, -0.05) is 23.9 Å². The molecule has 3 rings (SSSR count). The molecule has 0 aliphatic heterocycles. The third-order valence-corrected chi connectivity index (χ3v) is 4.25. The lowest BCUT2D eigenvalue weighted by Crippen LogP contribution is -2.24. The van der Waals surface area contributed by atoms with Crippen LogP contribution in [-0.2, 0) is 11.3 Å². The van der Waals surface area contributed by atoms with Crippen LogP contribution in [0.2, 0.25) is 0 Å². The van der Waals surface area contributed by atoms with E-state index in [-0.39, 0.29) is 11.3 Å². The predicted molar refractivity (Wildman–Crippen MR) is 77.1 cm³/mol. The molecule has 0 saturated heterocycles. The summed E-state index contributed by atoms with van der Waals surface area (Å²) >= 11 is 1.11. The summed E-state index contributed by atoms with van der Waals surface area (Å²) in [5, 5.41) is 9.90. The summed E-state index contributed by atoms with van der Waals surface area (Å²) in [6.45, 7) is 0.638. The third kappa shape index (κ3) is 2.70. The largest absolute Gasteiger partial charge is 0.481 e. The first kappa shape index (κ1) is 13.2. The van der Waals surface area contributed by atoms with Gasteiger partial charge in [0.05, 0.1) is 16.7 Å². The van der Waals surface area contributed by atoms with E-state index in [9.17, 15) is 9.59 Å². The number of nitrogens with zero attached hydrogens (tertiary/aromatic N) is 2. The zero-order valence-electron chi connectivity index (χ0n) is 10.8. The van der Waals surface area contributed by atoms with Gasteiger partial charge >= 0.3 is 5.97 Å². The molecule has 1 aromatic heterocycles. The number of hydrogen-bond acceptors (Lipinski definition) is 4. The highest BCUT2D eigenvalue weighted by Gasteiger charge is 2.24. The molecule has 0 atom stereocenters. The lowest BCUT2D eigenvalue weighted by atomic mass is 10.2. The van der Waals surface area contributed by atoms with Crippen LogP contribution >= 0.6 is 11.8 Å². The maximum atomic E-state index is 12.5. The number of aliphatic carboxylic acids is 1. The fourth-order valence-corrected chi connectivity index (χ4v) is 2.83. The molecule has 104 valence electrons. The van der Waals surface area contributed by atoms with Gasteiger partial charge in [0.1, 0.15) is 0 Å². The number of hydrogen-bond donors (Lipinski definition) is 1. The first-order valence-corrected chi connectivity index (χ1v) is 7.48. The molecule has 0 unspecified atom stereocenters. The fraction of sp³-hybridized carbons (Fsp3) is 0.357. The van der Waals surface area contributed by atoms with Crippen molar-refractivity contribution in [3.05, 3.63) is 34.6 Å². The first-order chi connectivity index (χ1) is 9.65. The number of rotatable bonds is 5. The number of carboxylic acid groups (broad SMARTS) is 1. The number of carbonyl (C=O) groups is 1. The molecule has 1 aliphatic rings. The number of fused-ring (bicyclic) bond motifs is 1. The van der Waals surface area contributed by atoms with Gasteiger partial charge in [0, 0.05) is 6.54 Å². The van der Waals surface area contributed by atoms with Crippen LogP contribution in [0.25, 0.3) is 10.9 Å². The molecule has 20 heavy (non-hydrogen) atoms. The topological polar surface area (TPSA) is 72.2 Å². The van der Waals surface area contributed by atoms with Crippen LogP contribution in [0.3, 0.4) is 0 Å². The summed E-state index contributed by atoms with van der Waals surface area (Å²) < 4.78 is 1.63. The summed E-state index contributed by atoms with van der Waals surface area (Å²) in [6.07, 6.45) is 2.25. The SMILES string of the molecule is O=C(O)CSc1nc2ccccc2c(=O)n1CC1CC1. The average Bonchev–Trinajstić information content (AvgIpc) is 3.24. The molecular formula is C14H14N2O3S. The van der Waals surface area contributed by atoms with Crippen molar-refractivity contribution >= 4 is 28.6 Å². The van der Waals surface area contributed by atoms with Crippen molar-refractivity contribution in [3.63, 3.8) is 0 Å². The van der Waals surface area contributed by atoms with Crippen molar-refractivity contribution in [1.29, 1.82) is 0 Å². The zero-order chi connectivity index (χ0) is 14.1. The molecule has 1 saturated carbocycles. The number of benzene rings is 1. The lowest BCUT2D eigenvalue weighted by molar-refractivity contribution is -0.133. The van der Waals surface area contributed by atoms with Crippen LogP contribution < -0.4 is 5.56 Å². The van der Waals surface area contributed by atoms with Crippen molar-refractivity contribution in [2.75, 3.05) is 5.75 Å². The maximum Gasteiger partial charge on any atom is 0.313 e. The molecule has 1 heterocycles. The average molecular weight is 290 g/mol. The molecule has 0 bridgehead atoms. The highest BCUT2D eigenvalue weighted by Crippen LogP contribution is 2.31. The highest BCUT2D eigenvalue weighted by atomic mass is 32.2. The van der Waals surface area contributed by atoms with Crippen LogP contribution in [0.1, 0.15) is 12.8 Å². The second-order valence-corrected chi connectivity index (χ2v) is 5.90. The minimum Gasteiger partial charge on any atom is -0.481 e. The minimum absolute atomic E-state index is 0.0737. The smallest absolute Gasteiger partial charge is 0.313 e. The summed E-state index contributed by atoms with van der Waals surface area (Å²) in [5.74, 6) is -0.467. The summed E-state index contributed by atoms with van der Waals surface area (Å²) in [4.78, 5) is 27.7. The number of aromatic nitrogens is 2. The fourth-order valence-electron chi connectivity index (χ4n) is 2.10. The molecule has 5 nitrogen and oxygen atoms in total. The summed E-state index contributed by atoms with van der Waals surface area (Å²) in [5.41, 5.74) is 0.549. The van der Waals surface area contributed by atoms with E-state index >= 15 is 0 Å². The van der Waals surface area contributed by atoms with Gasteiger partial charge in [0.15, 0.2) is 5.16 Å². The van der Waals surface area contributed by atoms with Gasteiger partial charge in [0.25, 0.3) is 5.56 Å².